The summed E-state index contributed by atoms with van der Waals surface area (Å²) in [5, 5.41) is 8.94. The van der Waals surface area contributed by atoms with E-state index in [2.05, 4.69) is 0 Å². The van der Waals surface area contributed by atoms with Gasteiger partial charge < -0.3 is 5.73 Å². The van der Waals surface area contributed by atoms with Crippen molar-refractivity contribution in [1.29, 1.82) is 5.26 Å². The smallest absolute Gasteiger partial charge is 0.244 e. The Labute approximate surface area is 125 Å². The van der Waals surface area contributed by atoms with Crippen molar-refractivity contribution in [3.05, 3.63) is 29.6 Å². The summed E-state index contributed by atoms with van der Waals surface area (Å²) < 4.78 is 39.5. The lowest BCUT2D eigenvalue weighted by atomic mass is 10.0. The molecule has 21 heavy (non-hydrogen) atoms. The molecule has 0 saturated carbocycles. The monoisotopic (exact) mass is 313 g/mol. The molecule has 0 aliphatic rings. The number of hydrogen-bond donors (Lipinski definition) is 1. The lowest BCUT2D eigenvalue weighted by Gasteiger charge is -2.21. The third-order valence-corrected chi connectivity index (χ3v) is 5.31. The van der Waals surface area contributed by atoms with Gasteiger partial charge in [-0.3, -0.25) is 0 Å². The average molecular weight is 313 g/mol. The molecule has 7 heteroatoms. The van der Waals surface area contributed by atoms with Crippen LogP contribution in [-0.4, -0.2) is 32.4 Å². The molecular weight excluding hydrogens is 293 g/mol. The van der Waals surface area contributed by atoms with Gasteiger partial charge in [-0.25, -0.2) is 17.1 Å². The van der Waals surface area contributed by atoms with E-state index in [9.17, 15) is 12.8 Å². The van der Waals surface area contributed by atoms with Gasteiger partial charge in [0, 0.05) is 19.6 Å². The molecule has 0 fully saturated rings. The van der Waals surface area contributed by atoms with Crippen LogP contribution in [0.2, 0.25) is 0 Å². The Morgan fingerprint density at radius 2 is 2.05 bits per heavy atom. The predicted octanol–water partition coefficient (Wildman–Crippen LogP) is 1.69. The van der Waals surface area contributed by atoms with Gasteiger partial charge in [0.15, 0.2) is 0 Å². The molecule has 0 saturated heterocycles. The number of halogens is 1. The maximum Gasteiger partial charge on any atom is 0.244 e. The number of benzene rings is 1. The fourth-order valence-corrected chi connectivity index (χ4v) is 3.11. The maximum atomic E-state index is 13.5. The summed E-state index contributed by atoms with van der Waals surface area (Å²) in [5.41, 5.74) is 5.43. The van der Waals surface area contributed by atoms with Crippen LogP contribution < -0.4 is 5.73 Å². The van der Waals surface area contributed by atoms with Gasteiger partial charge in [-0.05, 0) is 24.5 Å². The van der Waals surface area contributed by atoms with E-state index in [1.165, 1.54) is 19.2 Å². The highest BCUT2D eigenvalue weighted by molar-refractivity contribution is 7.89. The molecule has 0 heterocycles. The van der Waals surface area contributed by atoms with E-state index >= 15 is 0 Å². The standard InChI is InChI=1S/C14H20FN3O2S/c1-10(2)13(17)7-8-18(3)21(19,20)14-6-4-5-12(15)11(14)9-16/h4-6,10,13H,7-8,17H2,1-3H3. The van der Waals surface area contributed by atoms with Gasteiger partial charge in [0.25, 0.3) is 0 Å². The summed E-state index contributed by atoms with van der Waals surface area (Å²) in [4.78, 5) is -0.314. The summed E-state index contributed by atoms with van der Waals surface area (Å²) in [6, 6.07) is 5.05. The van der Waals surface area contributed by atoms with Crippen molar-refractivity contribution in [2.45, 2.75) is 31.2 Å². The van der Waals surface area contributed by atoms with E-state index in [0.29, 0.717) is 6.42 Å². The van der Waals surface area contributed by atoms with E-state index in [0.717, 1.165) is 10.4 Å². The number of nitrogens with two attached hydrogens (primary N) is 1. The van der Waals surface area contributed by atoms with Gasteiger partial charge in [0.05, 0.1) is 0 Å². The first kappa shape index (κ1) is 17.6. The lowest BCUT2D eigenvalue weighted by molar-refractivity contribution is 0.397. The topological polar surface area (TPSA) is 87.2 Å². The summed E-state index contributed by atoms with van der Waals surface area (Å²) in [7, 11) is -2.51. The van der Waals surface area contributed by atoms with Crippen LogP contribution in [0.25, 0.3) is 0 Å². The number of sulfonamides is 1. The normalized spacial score (nSPS) is 13.4. The Morgan fingerprint density at radius 3 is 2.57 bits per heavy atom. The van der Waals surface area contributed by atoms with Crippen LogP contribution in [-0.2, 0) is 10.0 Å². The molecule has 0 amide bonds. The molecule has 116 valence electrons. The third-order valence-electron chi connectivity index (χ3n) is 3.41. The van der Waals surface area contributed by atoms with E-state index in [1.54, 1.807) is 6.07 Å². The van der Waals surface area contributed by atoms with E-state index in [1.807, 2.05) is 13.8 Å². The molecule has 5 nitrogen and oxygen atoms in total. The number of nitrogens with zero attached hydrogens (tertiary/aromatic N) is 2. The van der Waals surface area contributed by atoms with Crippen LogP contribution in [0.3, 0.4) is 0 Å². The largest absolute Gasteiger partial charge is 0.327 e. The van der Waals surface area contributed by atoms with Crippen molar-refractivity contribution in [2.75, 3.05) is 13.6 Å². The van der Waals surface area contributed by atoms with Crippen LogP contribution in [0.1, 0.15) is 25.8 Å². The average Bonchev–Trinajstić information content (AvgIpc) is 2.43. The fraction of sp³-hybridized carbons (Fsp3) is 0.500. The van der Waals surface area contributed by atoms with Crippen molar-refractivity contribution in [3.63, 3.8) is 0 Å². The SMILES string of the molecule is CC(C)C(N)CCN(C)S(=O)(=O)c1cccc(F)c1C#N. The third kappa shape index (κ3) is 4.00. The number of hydrogen-bond acceptors (Lipinski definition) is 4. The molecule has 0 bridgehead atoms. The number of nitriles is 1. The molecule has 1 aromatic carbocycles. The minimum Gasteiger partial charge on any atom is -0.327 e. The maximum absolute atomic E-state index is 13.5. The minimum atomic E-state index is -3.91. The first-order chi connectivity index (χ1) is 9.71. The highest BCUT2D eigenvalue weighted by Crippen LogP contribution is 2.21. The van der Waals surface area contributed by atoms with Gasteiger partial charge in [0.2, 0.25) is 10.0 Å². The van der Waals surface area contributed by atoms with Crippen molar-refractivity contribution >= 4 is 10.0 Å². The van der Waals surface area contributed by atoms with Crippen LogP contribution in [0.5, 0.6) is 0 Å². The zero-order valence-electron chi connectivity index (χ0n) is 12.4. The zero-order valence-corrected chi connectivity index (χ0v) is 13.2. The summed E-state index contributed by atoms with van der Waals surface area (Å²) in [5.74, 6) is -0.601. The molecule has 0 spiro atoms. The van der Waals surface area contributed by atoms with Gasteiger partial charge in [-0.2, -0.15) is 5.26 Å². The van der Waals surface area contributed by atoms with Gasteiger partial charge in [-0.15, -0.1) is 0 Å². The molecule has 0 aromatic heterocycles. The van der Waals surface area contributed by atoms with Gasteiger partial charge in [0.1, 0.15) is 22.3 Å². The van der Waals surface area contributed by atoms with Gasteiger partial charge in [-0.1, -0.05) is 19.9 Å². The molecule has 1 aromatic rings. The van der Waals surface area contributed by atoms with Crippen molar-refractivity contribution in [3.8, 4) is 6.07 Å². The Kier molecular flexibility index (Phi) is 5.84. The molecule has 2 N–H and O–H groups in total. The molecule has 0 radical (unpaired) electrons. The Morgan fingerprint density at radius 1 is 1.43 bits per heavy atom. The van der Waals surface area contributed by atoms with Crippen LogP contribution in [0, 0.1) is 23.1 Å². The zero-order chi connectivity index (χ0) is 16.2. The van der Waals surface area contributed by atoms with Crippen LogP contribution in [0.15, 0.2) is 23.1 Å². The number of rotatable bonds is 6. The van der Waals surface area contributed by atoms with Crippen molar-refractivity contribution < 1.29 is 12.8 Å². The van der Waals surface area contributed by atoms with Crippen molar-refractivity contribution in [1.82, 2.24) is 4.31 Å². The van der Waals surface area contributed by atoms with Crippen LogP contribution >= 0.6 is 0 Å². The van der Waals surface area contributed by atoms with Gasteiger partial charge >= 0.3 is 0 Å². The van der Waals surface area contributed by atoms with E-state index in [4.69, 9.17) is 11.0 Å². The minimum absolute atomic E-state index is 0.120. The van der Waals surface area contributed by atoms with Crippen molar-refractivity contribution in [2.24, 2.45) is 11.7 Å². The highest BCUT2D eigenvalue weighted by Gasteiger charge is 2.26. The molecule has 1 rings (SSSR count). The molecule has 1 unspecified atom stereocenters. The Balaban J connectivity index is 3.02. The summed E-state index contributed by atoms with van der Waals surface area (Å²) >= 11 is 0. The second-order valence-electron chi connectivity index (χ2n) is 5.25. The Bertz CT molecular complexity index is 638. The predicted molar refractivity (Wildman–Crippen MR) is 78.4 cm³/mol. The lowest BCUT2D eigenvalue weighted by Crippen LogP contribution is -2.35. The first-order valence-corrected chi connectivity index (χ1v) is 8.06. The molecular formula is C14H20FN3O2S. The highest BCUT2D eigenvalue weighted by atomic mass is 32.2. The van der Waals surface area contributed by atoms with Crippen LogP contribution in [0.4, 0.5) is 4.39 Å². The molecule has 0 aliphatic heterocycles. The quantitative estimate of drug-likeness (QED) is 0.865. The summed E-state index contributed by atoms with van der Waals surface area (Å²) in [6.45, 7) is 4.13. The second kappa shape index (κ2) is 6.98. The Hall–Kier alpha value is -1.49. The second-order valence-corrected chi connectivity index (χ2v) is 7.26. The first-order valence-electron chi connectivity index (χ1n) is 6.62. The summed E-state index contributed by atoms with van der Waals surface area (Å²) in [6.07, 6.45) is 0.491. The van der Waals surface area contributed by atoms with E-state index in [-0.39, 0.29) is 23.4 Å². The molecule has 1 atom stereocenters. The van der Waals surface area contributed by atoms with E-state index < -0.39 is 21.4 Å². The molecule has 0 aliphatic carbocycles. The fourth-order valence-electron chi connectivity index (χ4n) is 1.78.